The van der Waals surface area contributed by atoms with Crippen LogP contribution in [0.5, 0.6) is 0 Å². The van der Waals surface area contributed by atoms with E-state index in [0.29, 0.717) is 11.2 Å². The Bertz CT molecular complexity index is 950. The van der Waals surface area contributed by atoms with E-state index in [2.05, 4.69) is 20.8 Å². The number of benzene rings is 2. The number of hydrogen-bond acceptors (Lipinski definition) is 5. The Hall–Kier alpha value is -3.75. The summed E-state index contributed by atoms with van der Waals surface area (Å²) in [6.07, 6.45) is 1.63. The monoisotopic (exact) mass is 325 g/mol. The first-order valence-corrected chi connectivity index (χ1v) is 6.83. The number of nitrogens with one attached hydrogen (secondary N) is 3. The maximum absolute atomic E-state index is 12.0. The van der Waals surface area contributed by atoms with Crippen LogP contribution in [0.25, 0.3) is 10.9 Å². The molecule has 120 valence electrons. The molecule has 0 spiro atoms. The van der Waals surface area contributed by atoms with Crippen molar-refractivity contribution >= 4 is 39.8 Å². The van der Waals surface area contributed by atoms with E-state index in [-0.39, 0.29) is 11.4 Å². The van der Waals surface area contributed by atoms with E-state index in [0.717, 1.165) is 5.39 Å². The minimum absolute atomic E-state index is 0.0494. The van der Waals surface area contributed by atoms with Gasteiger partial charge in [0.25, 0.3) is 5.69 Å². The van der Waals surface area contributed by atoms with Crippen molar-refractivity contribution in [2.24, 2.45) is 0 Å². The van der Waals surface area contributed by atoms with Crippen molar-refractivity contribution in [2.45, 2.75) is 0 Å². The number of hydrogen-bond donors (Lipinski definition) is 3. The van der Waals surface area contributed by atoms with E-state index < -0.39 is 16.7 Å². The molecule has 0 saturated heterocycles. The van der Waals surface area contributed by atoms with E-state index in [1.165, 1.54) is 24.3 Å². The highest BCUT2D eigenvalue weighted by Gasteiger charge is 2.19. The molecule has 0 aliphatic heterocycles. The van der Waals surface area contributed by atoms with Crippen molar-refractivity contribution < 1.29 is 14.5 Å². The van der Waals surface area contributed by atoms with Crippen LogP contribution in [0.15, 0.2) is 48.7 Å². The Morgan fingerprint density at radius 3 is 2.62 bits per heavy atom. The van der Waals surface area contributed by atoms with Gasteiger partial charge < -0.3 is 10.6 Å². The number of H-pyrrole nitrogens is 1. The molecule has 3 N–H and O–H groups in total. The molecule has 3 rings (SSSR count). The van der Waals surface area contributed by atoms with Crippen molar-refractivity contribution in [3.05, 3.63) is 58.8 Å². The summed E-state index contributed by atoms with van der Waals surface area (Å²) < 4.78 is 0. The summed E-state index contributed by atoms with van der Waals surface area (Å²) in [6.45, 7) is 0. The second kappa shape index (κ2) is 6.16. The number of anilines is 2. The number of para-hydroxylation sites is 2. The standard InChI is InChI=1S/C15H11N5O4/c21-14(17-10-6-5-9-8-16-19-12(9)7-10)15(22)18-11-3-1-2-4-13(11)20(23)24/h1-8H,(H,16,19)(H,17,21)(H,18,22). The van der Waals surface area contributed by atoms with Crippen LogP contribution >= 0.6 is 0 Å². The van der Waals surface area contributed by atoms with Crippen LogP contribution in [0.4, 0.5) is 17.1 Å². The lowest BCUT2D eigenvalue weighted by Gasteiger charge is -2.07. The van der Waals surface area contributed by atoms with Gasteiger partial charge in [-0.2, -0.15) is 5.10 Å². The first-order valence-electron chi connectivity index (χ1n) is 6.83. The van der Waals surface area contributed by atoms with E-state index in [9.17, 15) is 19.7 Å². The number of nitrogens with zero attached hydrogens (tertiary/aromatic N) is 2. The molecule has 0 saturated carbocycles. The molecule has 0 aliphatic carbocycles. The molecule has 3 aromatic rings. The zero-order chi connectivity index (χ0) is 17.1. The van der Waals surface area contributed by atoms with Gasteiger partial charge in [0.05, 0.1) is 16.6 Å². The molecule has 0 fully saturated rings. The van der Waals surface area contributed by atoms with Gasteiger partial charge in [-0.05, 0) is 24.3 Å². The molecular weight excluding hydrogens is 314 g/mol. The Morgan fingerprint density at radius 2 is 1.83 bits per heavy atom. The molecule has 0 radical (unpaired) electrons. The van der Waals surface area contributed by atoms with Crippen molar-refractivity contribution in [2.75, 3.05) is 10.6 Å². The molecule has 9 nitrogen and oxygen atoms in total. The number of aromatic nitrogens is 2. The fourth-order valence-corrected chi connectivity index (χ4v) is 2.12. The van der Waals surface area contributed by atoms with Crippen LogP contribution in [-0.4, -0.2) is 26.9 Å². The first kappa shape index (κ1) is 15.2. The average molecular weight is 325 g/mol. The fourth-order valence-electron chi connectivity index (χ4n) is 2.12. The third-order valence-electron chi connectivity index (χ3n) is 3.25. The SMILES string of the molecule is O=C(Nc1ccc2cn[nH]c2c1)C(=O)Nc1ccccc1[N+](=O)[O-]. The highest BCUT2D eigenvalue weighted by Crippen LogP contribution is 2.23. The Labute approximate surface area is 134 Å². The van der Waals surface area contributed by atoms with Crippen LogP contribution in [0.1, 0.15) is 0 Å². The highest BCUT2D eigenvalue weighted by molar-refractivity contribution is 6.43. The molecule has 0 atom stereocenters. The van der Waals surface area contributed by atoms with Crippen molar-refractivity contribution in [3.63, 3.8) is 0 Å². The molecule has 1 aromatic heterocycles. The minimum Gasteiger partial charge on any atom is -0.318 e. The maximum atomic E-state index is 12.0. The third-order valence-corrected chi connectivity index (χ3v) is 3.25. The molecule has 2 aromatic carbocycles. The van der Waals surface area contributed by atoms with Gasteiger partial charge in [-0.1, -0.05) is 12.1 Å². The van der Waals surface area contributed by atoms with E-state index in [1.54, 1.807) is 24.4 Å². The van der Waals surface area contributed by atoms with E-state index in [1.807, 2.05) is 0 Å². The summed E-state index contributed by atoms with van der Waals surface area (Å²) in [5.74, 6) is -1.94. The predicted molar refractivity (Wildman–Crippen MR) is 86.4 cm³/mol. The largest absolute Gasteiger partial charge is 0.318 e. The number of nitro benzene ring substituents is 1. The zero-order valence-electron chi connectivity index (χ0n) is 12.1. The maximum Gasteiger partial charge on any atom is 0.314 e. The molecule has 0 bridgehead atoms. The van der Waals surface area contributed by atoms with Gasteiger partial charge in [-0.15, -0.1) is 0 Å². The molecule has 9 heteroatoms. The number of nitro groups is 1. The first-order chi connectivity index (χ1) is 11.5. The summed E-state index contributed by atoms with van der Waals surface area (Å²) in [7, 11) is 0. The van der Waals surface area contributed by atoms with Gasteiger partial charge >= 0.3 is 11.8 Å². The van der Waals surface area contributed by atoms with Crippen LogP contribution < -0.4 is 10.6 Å². The summed E-state index contributed by atoms with van der Waals surface area (Å²) >= 11 is 0. The van der Waals surface area contributed by atoms with Gasteiger partial charge in [-0.25, -0.2) is 0 Å². The summed E-state index contributed by atoms with van der Waals surface area (Å²) in [5.41, 5.74) is 0.755. The van der Waals surface area contributed by atoms with Crippen LogP contribution in [0.2, 0.25) is 0 Å². The van der Waals surface area contributed by atoms with Crippen molar-refractivity contribution in [1.29, 1.82) is 0 Å². The van der Waals surface area contributed by atoms with Crippen molar-refractivity contribution in [1.82, 2.24) is 10.2 Å². The van der Waals surface area contributed by atoms with Gasteiger partial charge in [0, 0.05) is 17.1 Å². The fraction of sp³-hybridized carbons (Fsp3) is 0. The summed E-state index contributed by atoms with van der Waals surface area (Å²) in [5, 5.41) is 23.0. The molecule has 1 heterocycles. The summed E-state index contributed by atoms with van der Waals surface area (Å²) in [4.78, 5) is 34.2. The number of aromatic amines is 1. The normalized spacial score (nSPS) is 10.3. The lowest BCUT2D eigenvalue weighted by molar-refractivity contribution is -0.383. The van der Waals surface area contributed by atoms with Gasteiger partial charge in [0.2, 0.25) is 0 Å². The molecular formula is C15H11N5O4. The molecule has 24 heavy (non-hydrogen) atoms. The number of carbonyl (C=O) groups excluding carboxylic acids is 2. The van der Waals surface area contributed by atoms with Gasteiger partial charge in [0.15, 0.2) is 0 Å². The second-order valence-electron chi connectivity index (χ2n) is 4.85. The molecule has 0 aliphatic rings. The predicted octanol–water partition coefficient (Wildman–Crippen LogP) is 2.05. The van der Waals surface area contributed by atoms with Gasteiger partial charge in [0.1, 0.15) is 5.69 Å². The number of amides is 2. The second-order valence-corrected chi connectivity index (χ2v) is 4.85. The average Bonchev–Trinajstić information content (AvgIpc) is 3.02. The van der Waals surface area contributed by atoms with E-state index in [4.69, 9.17) is 0 Å². The van der Waals surface area contributed by atoms with Crippen molar-refractivity contribution in [3.8, 4) is 0 Å². The van der Waals surface area contributed by atoms with Crippen LogP contribution in [-0.2, 0) is 9.59 Å². The third kappa shape index (κ3) is 3.04. The Morgan fingerprint density at radius 1 is 1.08 bits per heavy atom. The zero-order valence-corrected chi connectivity index (χ0v) is 12.1. The van der Waals surface area contributed by atoms with Gasteiger partial charge in [-0.3, -0.25) is 24.8 Å². The lowest BCUT2D eigenvalue weighted by Crippen LogP contribution is -2.29. The lowest BCUT2D eigenvalue weighted by atomic mass is 10.2. The van der Waals surface area contributed by atoms with E-state index >= 15 is 0 Å². The Kier molecular flexibility index (Phi) is 3.89. The van der Waals surface area contributed by atoms with Crippen LogP contribution in [0, 0.1) is 10.1 Å². The minimum atomic E-state index is -1.01. The van der Waals surface area contributed by atoms with Crippen LogP contribution in [0.3, 0.4) is 0 Å². The smallest absolute Gasteiger partial charge is 0.314 e. The number of carbonyl (C=O) groups is 2. The topological polar surface area (TPSA) is 130 Å². The quantitative estimate of drug-likeness (QED) is 0.385. The molecule has 2 amide bonds. The number of rotatable bonds is 3. The highest BCUT2D eigenvalue weighted by atomic mass is 16.6. The Balaban J connectivity index is 1.73. The number of fused-ring (bicyclic) bond motifs is 1. The molecule has 0 unspecified atom stereocenters. The summed E-state index contributed by atoms with van der Waals surface area (Å²) in [6, 6.07) is 10.5.